The normalized spacial score (nSPS) is 49.2. The monoisotopic (exact) mass is 276 g/mol. The van der Waals surface area contributed by atoms with Crippen LogP contribution in [-0.2, 0) is 19.1 Å². The Labute approximate surface area is 116 Å². The molecular weight excluding hydrogens is 260 g/mol. The summed E-state index contributed by atoms with van der Waals surface area (Å²) in [6, 6.07) is 0. The molecule has 1 N–H and O–H groups in total. The van der Waals surface area contributed by atoms with Gasteiger partial charge in [-0.1, -0.05) is 5.57 Å². The molecule has 5 unspecified atom stereocenters. The number of aliphatic hydroxyl groups is 1. The zero-order chi connectivity index (χ0) is 14.4. The van der Waals surface area contributed by atoms with E-state index in [2.05, 4.69) is 0 Å². The highest BCUT2D eigenvalue weighted by Gasteiger charge is 2.80. The Morgan fingerprint density at radius 3 is 2.75 bits per heavy atom. The van der Waals surface area contributed by atoms with Gasteiger partial charge in [0.25, 0.3) is 0 Å². The SMILES string of the molecule is CC1=CC(=O)C23OC2(C)CC(O)C2=C(C)C(=O)OC2C13. The fraction of sp³-hybridized carbons (Fsp3) is 0.600. The van der Waals surface area contributed by atoms with Crippen molar-refractivity contribution in [1.29, 1.82) is 0 Å². The van der Waals surface area contributed by atoms with Gasteiger partial charge in [0.2, 0.25) is 0 Å². The fourth-order valence-electron chi connectivity index (χ4n) is 4.32. The van der Waals surface area contributed by atoms with Crippen molar-refractivity contribution in [3.8, 4) is 0 Å². The molecule has 2 aliphatic heterocycles. The van der Waals surface area contributed by atoms with Crippen LogP contribution >= 0.6 is 0 Å². The standard InChI is InChI=1S/C15H16O5/c1-6-4-9(17)15-11(6)12-10(7(2)13(18)19-12)8(16)5-14(15,3)20-15/h4,8,11-12,16H,5H2,1-3H3. The highest BCUT2D eigenvalue weighted by Crippen LogP contribution is 2.65. The molecule has 4 aliphatic rings. The molecule has 2 aliphatic carbocycles. The highest BCUT2D eigenvalue weighted by molar-refractivity contribution is 6.05. The van der Waals surface area contributed by atoms with E-state index in [4.69, 9.17) is 9.47 Å². The van der Waals surface area contributed by atoms with Gasteiger partial charge in [0, 0.05) is 17.6 Å². The lowest BCUT2D eigenvalue weighted by Gasteiger charge is -2.25. The molecule has 0 aromatic rings. The summed E-state index contributed by atoms with van der Waals surface area (Å²) in [5, 5.41) is 10.4. The van der Waals surface area contributed by atoms with Gasteiger partial charge < -0.3 is 14.6 Å². The van der Waals surface area contributed by atoms with Crippen molar-refractivity contribution < 1.29 is 24.2 Å². The summed E-state index contributed by atoms with van der Waals surface area (Å²) in [7, 11) is 0. The van der Waals surface area contributed by atoms with Crippen LogP contribution in [0.3, 0.4) is 0 Å². The second-order valence-corrected chi connectivity index (χ2v) is 6.43. The molecule has 0 aromatic heterocycles. The van der Waals surface area contributed by atoms with Gasteiger partial charge in [-0.15, -0.1) is 0 Å². The molecule has 0 amide bonds. The Kier molecular flexibility index (Phi) is 1.99. The first-order chi connectivity index (χ1) is 9.32. The lowest BCUT2D eigenvalue weighted by Crippen LogP contribution is -2.40. The first kappa shape index (κ1) is 12.3. The van der Waals surface area contributed by atoms with Crippen molar-refractivity contribution in [2.24, 2.45) is 5.92 Å². The third kappa shape index (κ3) is 1.09. The Morgan fingerprint density at radius 1 is 1.35 bits per heavy atom. The van der Waals surface area contributed by atoms with Crippen LogP contribution in [0.5, 0.6) is 0 Å². The van der Waals surface area contributed by atoms with Gasteiger partial charge in [0.15, 0.2) is 11.4 Å². The van der Waals surface area contributed by atoms with E-state index in [0.29, 0.717) is 17.6 Å². The Bertz CT molecular complexity index is 630. The molecule has 1 saturated heterocycles. The minimum Gasteiger partial charge on any atom is -0.454 e. The van der Waals surface area contributed by atoms with Gasteiger partial charge >= 0.3 is 5.97 Å². The van der Waals surface area contributed by atoms with E-state index in [9.17, 15) is 14.7 Å². The van der Waals surface area contributed by atoms with Crippen molar-refractivity contribution >= 4 is 11.8 Å². The molecule has 5 heteroatoms. The first-order valence-electron chi connectivity index (χ1n) is 6.84. The number of carbonyl (C=O) groups is 2. The molecule has 1 spiro atoms. The zero-order valence-electron chi connectivity index (χ0n) is 11.6. The van der Waals surface area contributed by atoms with Gasteiger partial charge in [0.05, 0.1) is 12.0 Å². The highest BCUT2D eigenvalue weighted by atomic mass is 16.6. The van der Waals surface area contributed by atoms with Crippen molar-refractivity contribution in [2.45, 2.75) is 50.6 Å². The molecule has 5 atom stereocenters. The maximum atomic E-state index is 12.4. The molecule has 1 saturated carbocycles. The summed E-state index contributed by atoms with van der Waals surface area (Å²) in [4.78, 5) is 24.2. The van der Waals surface area contributed by atoms with E-state index in [1.165, 1.54) is 0 Å². The van der Waals surface area contributed by atoms with Crippen LogP contribution in [0.4, 0.5) is 0 Å². The third-order valence-corrected chi connectivity index (χ3v) is 5.31. The molecule has 5 nitrogen and oxygen atoms in total. The average Bonchev–Trinajstić information content (AvgIpc) is 2.73. The summed E-state index contributed by atoms with van der Waals surface area (Å²) in [5.41, 5.74) is 0.327. The van der Waals surface area contributed by atoms with Crippen LogP contribution < -0.4 is 0 Å². The lowest BCUT2D eigenvalue weighted by molar-refractivity contribution is -0.143. The smallest absolute Gasteiger partial charge is 0.334 e. The summed E-state index contributed by atoms with van der Waals surface area (Å²) in [6.07, 6.45) is 0.523. The number of rotatable bonds is 0. The quantitative estimate of drug-likeness (QED) is 0.520. The van der Waals surface area contributed by atoms with E-state index >= 15 is 0 Å². The van der Waals surface area contributed by atoms with Crippen LogP contribution in [0.15, 0.2) is 22.8 Å². The minimum absolute atomic E-state index is 0.0726. The Hall–Kier alpha value is -1.46. The number of epoxide rings is 1. The summed E-state index contributed by atoms with van der Waals surface area (Å²) in [6.45, 7) is 5.38. The number of carbonyl (C=O) groups excluding carboxylic acids is 2. The van der Waals surface area contributed by atoms with E-state index in [-0.39, 0.29) is 11.7 Å². The van der Waals surface area contributed by atoms with Gasteiger partial charge in [-0.25, -0.2) is 4.79 Å². The molecule has 0 radical (unpaired) electrons. The number of aliphatic hydroxyl groups excluding tert-OH is 1. The Balaban J connectivity index is 1.92. The second kappa shape index (κ2) is 3.23. The van der Waals surface area contributed by atoms with Crippen molar-refractivity contribution in [2.75, 3.05) is 0 Å². The maximum Gasteiger partial charge on any atom is 0.334 e. The number of fused-ring (bicyclic) bond motifs is 2. The second-order valence-electron chi connectivity index (χ2n) is 6.43. The number of hydrogen-bond acceptors (Lipinski definition) is 5. The van der Waals surface area contributed by atoms with Crippen LogP contribution in [-0.4, -0.2) is 40.3 Å². The third-order valence-electron chi connectivity index (χ3n) is 5.31. The van der Waals surface area contributed by atoms with Gasteiger partial charge in [-0.05, 0) is 26.8 Å². The number of esters is 1. The fourth-order valence-corrected chi connectivity index (χ4v) is 4.32. The van der Waals surface area contributed by atoms with Crippen molar-refractivity contribution in [1.82, 2.24) is 0 Å². The summed E-state index contributed by atoms with van der Waals surface area (Å²) < 4.78 is 11.3. The van der Waals surface area contributed by atoms with Crippen molar-refractivity contribution in [3.63, 3.8) is 0 Å². The molecule has 0 bridgehead atoms. The molecular formula is C15H16O5. The van der Waals surface area contributed by atoms with E-state index < -0.39 is 29.4 Å². The zero-order valence-corrected chi connectivity index (χ0v) is 11.6. The van der Waals surface area contributed by atoms with Gasteiger partial charge in [0.1, 0.15) is 11.7 Å². The molecule has 106 valence electrons. The summed E-state index contributed by atoms with van der Waals surface area (Å²) in [5.74, 6) is -0.791. The minimum atomic E-state index is -0.949. The largest absolute Gasteiger partial charge is 0.454 e. The molecule has 0 aromatic carbocycles. The average molecular weight is 276 g/mol. The van der Waals surface area contributed by atoms with Crippen molar-refractivity contribution in [3.05, 3.63) is 22.8 Å². The van der Waals surface area contributed by atoms with Crippen LogP contribution in [0.2, 0.25) is 0 Å². The molecule has 20 heavy (non-hydrogen) atoms. The number of ether oxygens (including phenoxy) is 2. The maximum absolute atomic E-state index is 12.4. The summed E-state index contributed by atoms with van der Waals surface area (Å²) >= 11 is 0. The first-order valence-corrected chi connectivity index (χ1v) is 6.84. The molecule has 2 heterocycles. The van der Waals surface area contributed by atoms with E-state index in [0.717, 1.165) is 5.57 Å². The van der Waals surface area contributed by atoms with Crippen LogP contribution in [0.1, 0.15) is 27.2 Å². The lowest BCUT2D eigenvalue weighted by atomic mass is 9.79. The molecule has 2 fully saturated rings. The predicted molar refractivity (Wildman–Crippen MR) is 67.7 cm³/mol. The number of ketones is 1. The number of hydrogen-bond donors (Lipinski definition) is 1. The van der Waals surface area contributed by atoms with Crippen LogP contribution in [0.25, 0.3) is 0 Å². The van der Waals surface area contributed by atoms with E-state index in [1.807, 2.05) is 13.8 Å². The Morgan fingerprint density at radius 2 is 2.05 bits per heavy atom. The molecule has 4 rings (SSSR count). The van der Waals surface area contributed by atoms with Crippen LogP contribution in [0, 0.1) is 5.92 Å². The van der Waals surface area contributed by atoms with E-state index in [1.54, 1.807) is 13.0 Å². The topological polar surface area (TPSA) is 76.1 Å². The van der Waals surface area contributed by atoms with Gasteiger partial charge in [-0.3, -0.25) is 4.79 Å². The predicted octanol–water partition coefficient (Wildman–Crippen LogP) is 0.666. The van der Waals surface area contributed by atoms with Gasteiger partial charge in [-0.2, -0.15) is 0 Å².